The number of benzene rings is 3. The fourth-order valence-electron chi connectivity index (χ4n) is 5.54. The van der Waals surface area contributed by atoms with Crippen molar-refractivity contribution in [1.82, 2.24) is 0 Å². The summed E-state index contributed by atoms with van der Waals surface area (Å²) >= 11 is 0. The van der Waals surface area contributed by atoms with Gasteiger partial charge in [0.15, 0.2) is 6.61 Å². The second-order valence-corrected chi connectivity index (χ2v) is 16.2. The number of alkyl halides is 3. The van der Waals surface area contributed by atoms with Crippen LogP contribution in [-0.2, 0) is 33.8 Å². The van der Waals surface area contributed by atoms with Gasteiger partial charge < -0.3 is 18.6 Å². The van der Waals surface area contributed by atoms with Crippen molar-refractivity contribution < 1.29 is 41.4 Å². The third-order valence-electron chi connectivity index (χ3n) is 7.80. The fourth-order valence-corrected chi connectivity index (χ4v) is 10.1. The van der Waals surface area contributed by atoms with E-state index in [1.165, 1.54) is 37.3 Å². The van der Waals surface area contributed by atoms with Gasteiger partial charge in [-0.25, -0.2) is 4.79 Å². The number of carbonyl (C=O) groups is 2. The summed E-state index contributed by atoms with van der Waals surface area (Å²) < 4.78 is 66.5. The van der Waals surface area contributed by atoms with Crippen LogP contribution in [0.4, 0.5) is 13.2 Å². The molecular formula is C36H41F3O6Si. The number of ether oxygens (including phenoxy) is 3. The predicted molar refractivity (Wildman–Crippen MR) is 173 cm³/mol. The van der Waals surface area contributed by atoms with E-state index >= 15 is 0 Å². The number of methoxy groups -OCH3 is 1. The van der Waals surface area contributed by atoms with E-state index in [2.05, 4.69) is 32.6 Å². The monoisotopic (exact) mass is 654 g/mol. The van der Waals surface area contributed by atoms with Crippen LogP contribution >= 0.6 is 0 Å². The van der Waals surface area contributed by atoms with E-state index in [0.717, 1.165) is 17.5 Å². The Bertz CT molecular complexity index is 1440. The molecule has 0 saturated heterocycles. The first-order valence-corrected chi connectivity index (χ1v) is 16.9. The SMILES string of the molecule is CO[C@@](C(=O)O[C@@H](CCO[Si](c1ccccc1)(c1ccccc1)C(C)(C)C)[C@H](C)C#CCOC(C)=O)(c1ccccc1)C(F)(F)F. The van der Waals surface area contributed by atoms with Gasteiger partial charge in [-0.3, -0.25) is 4.79 Å². The molecule has 3 aromatic carbocycles. The second-order valence-electron chi connectivity index (χ2n) is 11.9. The van der Waals surface area contributed by atoms with Gasteiger partial charge in [-0.15, -0.1) is 0 Å². The highest BCUT2D eigenvalue weighted by molar-refractivity contribution is 6.99. The van der Waals surface area contributed by atoms with E-state index in [-0.39, 0.29) is 24.7 Å². The molecule has 0 fully saturated rings. The van der Waals surface area contributed by atoms with Gasteiger partial charge in [-0.05, 0) is 22.3 Å². The van der Waals surface area contributed by atoms with Crippen molar-refractivity contribution in [2.45, 2.75) is 64.0 Å². The number of rotatable bonds is 12. The van der Waals surface area contributed by atoms with Gasteiger partial charge in [0.1, 0.15) is 6.10 Å². The number of hydrogen-bond donors (Lipinski definition) is 0. The molecule has 0 N–H and O–H groups in total. The normalized spacial score (nSPS) is 14.6. The van der Waals surface area contributed by atoms with E-state index in [1.807, 2.05) is 60.7 Å². The number of esters is 2. The molecule has 46 heavy (non-hydrogen) atoms. The lowest BCUT2D eigenvalue weighted by Gasteiger charge is -2.43. The standard InChI is InChI=1S/C36H41F3O6Si/c1-27(17-16-25-43-28(2)40)32(45-33(41)35(42-6,36(37,38)39)29-18-10-7-11-19-29)24-26-44-46(34(3,4)5,30-20-12-8-13-21-30)31-22-14-9-15-23-31/h7-15,18-23,27,32H,24-26H2,1-6H3/t27-,32+,35-/m1/s1. The molecule has 0 aliphatic carbocycles. The first-order valence-electron chi connectivity index (χ1n) is 15.0. The van der Waals surface area contributed by atoms with Crippen LogP contribution in [0.15, 0.2) is 91.0 Å². The summed E-state index contributed by atoms with van der Waals surface area (Å²) in [5, 5.41) is 1.69. The van der Waals surface area contributed by atoms with Crippen molar-refractivity contribution in [3.05, 3.63) is 96.6 Å². The van der Waals surface area contributed by atoms with Crippen LogP contribution in [0.1, 0.15) is 46.6 Å². The highest BCUT2D eigenvalue weighted by Gasteiger charge is 2.64. The van der Waals surface area contributed by atoms with Gasteiger partial charge in [-0.2, -0.15) is 13.2 Å². The molecule has 0 heterocycles. The minimum atomic E-state index is -5.14. The maximum absolute atomic E-state index is 14.7. The first kappa shape index (κ1) is 36.6. The molecule has 0 aliphatic heterocycles. The minimum absolute atomic E-state index is 0.0338. The van der Waals surface area contributed by atoms with Gasteiger partial charge in [0.2, 0.25) is 0 Å². The van der Waals surface area contributed by atoms with Crippen molar-refractivity contribution in [3.63, 3.8) is 0 Å². The molecule has 3 rings (SSSR count). The average molecular weight is 655 g/mol. The van der Waals surface area contributed by atoms with E-state index in [0.29, 0.717) is 0 Å². The van der Waals surface area contributed by atoms with Gasteiger partial charge in [0.05, 0.1) is 5.92 Å². The van der Waals surface area contributed by atoms with Crippen LogP contribution < -0.4 is 10.4 Å². The van der Waals surface area contributed by atoms with Crippen molar-refractivity contribution in [2.24, 2.45) is 5.92 Å². The Morgan fingerprint density at radius 1 is 0.848 bits per heavy atom. The molecule has 246 valence electrons. The molecule has 0 aromatic heterocycles. The summed E-state index contributed by atoms with van der Waals surface area (Å²) in [4.78, 5) is 24.8. The van der Waals surface area contributed by atoms with Crippen molar-refractivity contribution in [1.29, 1.82) is 0 Å². The molecule has 0 saturated carbocycles. The summed E-state index contributed by atoms with van der Waals surface area (Å²) in [6.45, 7) is 9.03. The molecule has 0 unspecified atom stereocenters. The van der Waals surface area contributed by atoms with Gasteiger partial charge in [0.25, 0.3) is 13.9 Å². The molecule has 0 radical (unpaired) electrons. The van der Waals surface area contributed by atoms with Gasteiger partial charge in [-0.1, -0.05) is 124 Å². The Morgan fingerprint density at radius 3 is 1.78 bits per heavy atom. The molecule has 0 amide bonds. The van der Waals surface area contributed by atoms with Crippen molar-refractivity contribution >= 4 is 30.6 Å². The lowest BCUT2D eigenvalue weighted by atomic mass is 9.92. The summed E-state index contributed by atoms with van der Waals surface area (Å²) in [6, 6.07) is 26.4. The van der Waals surface area contributed by atoms with E-state index in [9.17, 15) is 22.8 Å². The Morgan fingerprint density at radius 2 is 1.35 bits per heavy atom. The molecule has 3 aromatic rings. The molecule has 0 aliphatic rings. The predicted octanol–water partition coefficient (Wildman–Crippen LogP) is 6.17. The van der Waals surface area contributed by atoms with E-state index < -0.39 is 49.6 Å². The van der Waals surface area contributed by atoms with Crippen LogP contribution in [0.5, 0.6) is 0 Å². The Hall–Kier alpha value is -3.91. The zero-order valence-electron chi connectivity index (χ0n) is 27.0. The third-order valence-corrected chi connectivity index (χ3v) is 12.8. The number of hydrogen-bond acceptors (Lipinski definition) is 6. The van der Waals surface area contributed by atoms with Gasteiger partial charge >= 0.3 is 18.1 Å². The first-order chi connectivity index (χ1) is 21.7. The summed E-state index contributed by atoms with van der Waals surface area (Å²) in [5.74, 6) is 2.67. The van der Waals surface area contributed by atoms with Crippen molar-refractivity contribution in [2.75, 3.05) is 20.3 Å². The van der Waals surface area contributed by atoms with Crippen LogP contribution in [-0.4, -0.2) is 52.9 Å². The van der Waals surface area contributed by atoms with E-state index in [1.54, 1.807) is 6.92 Å². The maximum Gasteiger partial charge on any atom is 0.432 e. The Labute approximate surface area is 270 Å². The number of carbonyl (C=O) groups excluding carboxylic acids is 2. The molecule has 0 spiro atoms. The van der Waals surface area contributed by atoms with Crippen molar-refractivity contribution in [3.8, 4) is 11.8 Å². The largest absolute Gasteiger partial charge is 0.458 e. The lowest BCUT2D eigenvalue weighted by Crippen LogP contribution is -2.66. The summed E-state index contributed by atoms with van der Waals surface area (Å²) in [5.41, 5.74) is -3.78. The van der Waals surface area contributed by atoms with E-state index in [4.69, 9.17) is 18.6 Å². The molecule has 0 bridgehead atoms. The van der Waals surface area contributed by atoms with Crippen LogP contribution in [0.3, 0.4) is 0 Å². The molecule has 6 nitrogen and oxygen atoms in total. The van der Waals surface area contributed by atoms with Crippen LogP contribution in [0, 0.1) is 17.8 Å². The van der Waals surface area contributed by atoms with Crippen LogP contribution in [0.2, 0.25) is 5.04 Å². The fraction of sp³-hybridized carbons (Fsp3) is 0.389. The highest BCUT2D eigenvalue weighted by Crippen LogP contribution is 2.43. The third kappa shape index (κ3) is 8.08. The molecular weight excluding hydrogens is 613 g/mol. The van der Waals surface area contributed by atoms with Crippen LogP contribution in [0.25, 0.3) is 0 Å². The Kier molecular flexibility index (Phi) is 12.4. The Balaban J connectivity index is 2.02. The summed E-state index contributed by atoms with van der Waals surface area (Å²) in [7, 11) is -2.17. The lowest BCUT2D eigenvalue weighted by molar-refractivity contribution is -0.278. The molecule has 10 heteroatoms. The minimum Gasteiger partial charge on any atom is -0.458 e. The average Bonchev–Trinajstić information content (AvgIpc) is 3.01. The zero-order chi connectivity index (χ0) is 34.0. The number of halogens is 3. The zero-order valence-corrected chi connectivity index (χ0v) is 28.0. The summed E-state index contributed by atoms with van der Waals surface area (Å²) in [6.07, 6.45) is -6.23. The molecule has 3 atom stereocenters. The topological polar surface area (TPSA) is 71.1 Å². The second kappa shape index (κ2) is 15.6. The highest BCUT2D eigenvalue weighted by atomic mass is 28.4. The van der Waals surface area contributed by atoms with Gasteiger partial charge in [0, 0.05) is 32.6 Å². The maximum atomic E-state index is 14.7. The smallest absolute Gasteiger partial charge is 0.432 e. The quantitative estimate of drug-likeness (QED) is 0.132.